The molecule has 0 heteroatoms. The van der Waals surface area contributed by atoms with Crippen LogP contribution in [0.2, 0.25) is 0 Å². The van der Waals surface area contributed by atoms with Crippen molar-refractivity contribution >= 4 is 0 Å². The Labute approximate surface area is 83.1 Å². The molecule has 0 aliphatic heterocycles. The Kier molecular flexibility index (Phi) is 3.69. The molecule has 0 unspecified atom stereocenters. The van der Waals surface area contributed by atoms with Crippen molar-refractivity contribution in [1.29, 1.82) is 0 Å². The molecule has 13 heavy (non-hydrogen) atoms. The van der Waals surface area contributed by atoms with Gasteiger partial charge in [-0.25, -0.2) is 0 Å². The van der Waals surface area contributed by atoms with Crippen LogP contribution in [-0.4, -0.2) is 0 Å². The second-order valence-corrected chi connectivity index (χ2v) is 5.15. The lowest BCUT2D eigenvalue weighted by molar-refractivity contribution is 0.269. The number of hydrogen-bond acceptors (Lipinski definition) is 0. The molecule has 2 aliphatic rings. The molecule has 0 spiro atoms. The summed E-state index contributed by atoms with van der Waals surface area (Å²) < 4.78 is 0. The zero-order valence-corrected chi connectivity index (χ0v) is 8.93. The monoisotopic (exact) mass is 180 g/mol. The van der Waals surface area contributed by atoms with E-state index in [9.17, 15) is 0 Å². The average molecular weight is 180 g/mol. The minimum atomic E-state index is 1.13. The van der Waals surface area contributed by atoms with Crippen molar-refractivity contribution in [2.24, 2.45) is 11.8 Å². The van der Waals surface area contributed by atoms with Crippen molar-refractivity contribution in [3.8, 4) is 0 Å². The van der Waals surface area contributed by atoms with E-state index in [4.69, 9.17) is 0 Å². The van der Waals surface area contributed by atoms with Crippen LogP contribution in [0.15, 0.2) is 0 Å². The van der Waals surface area contributed by atoms with Crippen LogP contribution >= 0.6 is 0 Å². The van der Waals surface area contributed by atoms with Crippen LogP contribution in [-0.2, 0) is 0 Å². The molecule has 0 atom stereocenters. The Bertz CT molecular complexity index is 125. The first-order valence-electron chi connectivity index (χ1n) is 6.47. The normalized spacial score (nSPS) is 28.6. The Morgan fingerprint density at radius 3 is 1.15 bits per heavy atom. The van der Waals surface area contributed by atoms with E-state index >= 15 is 0 Å². The molecule has 2 aliphatic carbocycles. The maximum Gasteiger partial charge on any atom is -0.0386 e. The predicted octanol–water partition coefficient (Wildman–Crippen LogP) is 4.54. The van der Waals surface area contributed by atoms with Crippen LogP contribution < -0.4 is 0 Å². The smallest absolute Gasteiger partial charge is 0.0386 e. The van der Waals surface area contributed by atoms with Gasteiger partial charge in [0.25, 0.3) is 0 Å². The van der Waals surface area contributed by atoms with Crippen molar-refractivity contribution < 1.29 is 0 Å². The van der Waals surface area contributed by atoms with Crippen molar-refractivity contribution in [3.05, 3.63) is 0 Å². The van der Waals surface area contributed by atoms with Crippen LogP contribution in [0.4, 0.5) is 0 Å². The molecular formula is C13H24. The van der Waals surface area contributed by atoms with Crippen LogP contribution in [0.5, 0.6) is 0 Å². The second-order valence-electron chi connectivity index (χ2n) is 5.15. The predicted molar refractivity (Wildman–Crippen MR) is 57.8 cm³/mol. The zero-order chi connectivity index (χ0) is 8.93. The Morgan fingerprint density at radius 2 is 0.692 bits per heavy atom. The van der Waals surface area contributed by atoms with E-state index < -0.39 is 0 Å². The summed E-state index contributed by atoms with van der Waals surface area (Å²) in [6.45, 7) is 0. The summed E-state index contributed by atoms with van der Waals surface area (Å²) in [4.78, 5) is 0. The van der Waals surface area contributed by atoms with E-state index in [1.807, 2.05) is 0 Å². The van der Waals surface area contributed by atoms with E-state index in [0.717, 1.165) is 11.8 Å². The highest BCUT2D eigenvalue weighted by molar-refractivity contribution is 4.76. The van der Waals surface area contributed by atoms with Gasteiger partial charge in [0.2, 0.25) is 0 Å². The molecule has 0 bridgehead atoms. The lowest BCUT2D eigenvalue weighted by atomic mass is 9.81. The summed E-state index contributed by atoms with van der Waals surface area (Å²) in [6.07, 6.45) is 16.9. The third kappa shape index (κ3) is 2.72. The molecule has 2 rings (SSSR count). The molecule has 76 valence electrons. The molecule has 2 saturated carbocycles. The quantitative estimate of drug-likeness (QED) is 0.556. The van der Waals surface area contributed by atoms with Gasteiger partial charge in [-0.1, -0.05) is 70.6 Å². The maximum atomic E-state index is 1.56. The maximum absolute atomic E-state index is 1.56. The largest absolute Gasteiger partial charge is 0.0533 e. The number of hydrogen-bond donors (Lipinski definition) is 0. The van der Waals surface area contributed by atoms with Crippen LogP contribution in [0, 0.1) is 11.8 Å². The van der Waals surface area contributed by atoms with Gasteiger partial charge in [-0.05, 0) is 11.8 Å². The summed E-state index contributed by atoms with van der Waals surface area (Å²) in [5.41, 5.74) is 0. The molecule has 0 radical (unpaired) electrons. The standard InChI is InChI=1S/C13H24/c1-2-4-8-12(9-5-3-1)13-10-6-7-11-13/h12-13H,1-11H2. The van der Waals surface area contributed by atoms with Crippen LogP contribution in [0.3, 0.4) is 0 Å². The van der Waals surface area contributed by atoms with Gasteiger partial charge >= 0.3 is 0 Å². The van der Waals surface area contributed by atoms with Gasteiger partial charge in [0, 0.05) is 0 Å². The lowest BCUT2D eigenvalue weighted by Gasteiger charge is -2.25. The first-order chi connectivity index (χ1) is 6.47. The average Bonchev–Trinajstić information content (AvgIpc) is 2.55. The fourth-order valence-electron chi connectivity index (χ4n) is 3.39. The highest BCUT2D eigenvalue weighted by atomic mass is 14.3. The molecule has 0 aromatic carbocycles. The van der Waals surface area contributed by atoms with E-state index in [-0.39, 0.29) is 0 Å². The fourth-order valence-corrected chi connectivity index (χ4v) is 3.39. The summed E-state index contributed by atoms with van der Waals surface area (Å²) in [6, 6.07) is 0. The van der Waals surface area contributed by atoms with Gasteiger partial charge in [0.1, 0.15) is 0 Å². The van der Waals surface area contributed by atoms with Gasteiger partial charge in [0.05, 0.1) is 0 Å². The molecule has 0 saturated heterocycles. The highest BCUT2D eigenvalue weighted by Crippen LogP contribution is 2.37. The highest BCUT2D eigenvalue weighted by Gasteiger charge is 2.24. The second kappa shape index (κ2) is 5.02. The van der Waals surface area contributed by atoms with Crippen molar-refractivity contribution in [2.45, 2.75) is 70.6 Å². The van der Waals surface area contributed by atoms with E-state index in [1.165, 1.54) is 44.9 Å². The first-order valence-corrected chi connectivity index (χ1v) is 6.47. The van der Waals surface area contributed by atoms with E-state index in [2.05, 4.69) is 0 Å². The zero-order valence-electron chi connectivity index (χ0n) is 8.93. The first kappa shape index (κ1) is 9.55. The molecule has 0 aromatic heterocycles. The molecule has 0 N–H and O–H groups in total. The molecular weight excluding hydrogens is 156 g/mol. The molecule has 2 fully saturated rings. The van der Waals surface area contributed by atoms with Gasteiger partial charge in [-0.3, -0.25) is 0 Å². The Morgan fingerprint density at radius 1 is 0.385 bits per heavy atom. The Hall–Kier alpha value is 0. The topological polar surface area (TPSA) is 0 Å². The van der Waals surface area contributed by atoms with Crippen molar-refractivity contribution in [2.75, 3.05) is 0 Å². The number of rotatable bonds is 1. The summed E-state index contributed by atoms with van der Waals surface area (Å²) in [7, 11) is 0. The molecule has 0 nitrogen and oxygen atoms in total. The van der Waals surface area contributed by atoms with E-state index in [1.54, 1.807) is 25.7 Å². The van der Waals surface area contributed by atoms with Crippen LogP contribution in [0.25, 0.3) is 0 Å². The summed E-state index contributed by atoms with van der Waals surface area (Å²) in [5, 5.41) is 0. The lowest BCUT2D eigenvalue weighted by Crippen LogP contribution is -2.13. The van der Waals surface area contributed by atoms with E-state index in [0.29, 0.717) is 0 Å². The van der Waals surface area contributed by atoms with Gasteiger partial charge < -0.3 is 0 Å². The Balaban J connectivity index is 1.80. The summed E-state index contributed by atoms with van der Waals surface area (Å²) in [5.74, 6) is 2.26. The molecule has 0 aromatic rings. The molecule has 0 heterocycles. The minimum absolute atomic E-state index is 1.13. The van der Waals surface area contributed by atoms with Gasteiger partial charge in [-0.15, -0.1) is 0 Å². The van der Waals surface area contributed by atoms with Crippen molar-refractivity contribution in [1.82, 2.24) is 0 Å². The fraction of sp³-hybridized carbons (Fsp3) is 1.00. The third-order valence-electron chi connectivity index (χ3n) is 4.22. The summed E-state index contributed by atoms with van der Waals surface area (Å²) >= 11 is 0. The van der Waals surface area contributed by atoms with Gasteiger partial charge in [-0.2, -0.15) is 0 Å². The molecule has 0 amide bonds. The SMILES string of the molecule is C1CCCC(C2CCCC2)CCC1. The van der Waals surface area contributed by atoms with Crippen LogP contribution in [0.1, 0.15) is 70.6 Å². The van der Waals surface area contributed by atoms with Crippen molar-refractivity contribution in [3.63, 3.8) is 0 Å². The van der Waals surface area contributed by atoms with Gasteiger partial charge in [0.15, 0.2) is 0 Å². The minimum Gasteiger partial charge on any atom is -0.0533 e. The third-order valence-corrected chi connectivity index (χ3v) is 4.22.